The molecule has 0 radical (unpaired) electrons. The van der Waals surface area contributed by atoms with Gasteiger partial charge in [-0.25, -0.2) is 4.39 Å². The molecule has 0 unspecified atom stereocenters. The van der Waals surface area contributed by atoms with E-state index in [1.165, 1.54) is 43.7 Å². The van der Waals surface area contributed by atoms with Gasteiger partial charge in [0.05, 0.1) is 5.56 Å². The molecule has 0 saturated heterocycles. The Bertz CT molecular complexity index is 508. The molecule has 1 saturated carbocycles. The number of hydrogen-bond donors (Lipinski definition) is 1. The van der Waals surface area contributed by atoms with Crippen LogP contribution < -0.4 is 5.73 Å². The Morgan fingerprint density at radius 2 is 2.11 bits per heavy atom. The zero-order valence-corrected chi connectivity index (χ0v) is 11.0. The van der Waals surface area contributed by atoms with E-state index in [-0.39, 0.29) is 5.56 Å². The Kier molecular flexibility index (Phi) is 4.70. The molecule has 0 aromatic heterocycles. The van der Waals surface area contributed by atoms with Crippen LogP contribution in [0.1, 0.15) is 43.2 Å². The topological polar surface area (TPSA) is 49.8 Å². The third kappa shape index (κ3) is 3.42. The second-order valence-electron chi connectivity index (χ2n) is 5.11. The maximum atomic E-state index is 13.3. The van der Waals surface area contributed by atoms with Crippen molar-refractivity contribution in [1.29, 1.82) is 5.26 Å². The fourth-order valence-corrected chi connectivity index (χ4v) is 2.75. The van der Waals surface area contributed by atoms with E-state index in [2.05, 4.69) is 0 Å². The number of nitriles is 1. The van der Waals surface area contributed by atoms with E-state index in [4.69, 9.17) is 11.0 Å². The third-order valence-corrected chi connectivity index (χ3v) is 3.83. The summed E-state index contributed by atoms with van der Waals surface area (Å²) in [5, 5.41) is 8.85. The highest BCUT2D eigenvalue weighted by molar-refractivity contribution is 5.56. The van der Waals surface area contributed by atoms with Crippen LogP contribution in [0.3, 0.4) is 0 Å². The van der Waals surface area contributed by atoms with Crippen molar-refractivity contribution in [3.63, 3.8) is 0 Å². The Labute approximate surface area is 113 Å². The molecule has 0 aliphatic heterocycles. The van der Waals surface area contributed by atoms with Crippen molar-refractivity contribution < 1.29 is 4.39 Å². The summed E-state index contributed by atoms with van der Waals surface area (Å²) in [6, 6.07) is 6.51. The summed E-state index contributed by atoms with van der Waals surface area (Å²) in [5.41, 5.74) is 8.02. The maximum Gasteiger partial charge on any atom is 0.140 e. The molecule has 100 valence electrons. The summed E-state index contributed by atoms with van der Waals surface area (Å²) >= 11 is 0. The van der Waals surface area contributed by atoms with Gasteiger partial charge >= 0.3 is 0 Å². The smallest absolute Gasteiger partial charge is 0.140 e. The lowest BCUT2D eigenvalue weighted by Crippen LogP contribution is -2.16. The number of nitrogens with two attached hydrogens (primary N) is 1. The van der Waals surface area contributed by atoms with E-state index < -0.39 is 5.82 Å². The van der Waals surface area contributed by atoms with Crippen LogP contribution in [0.15, 0.2) is 23.8 Å². The van der Waals surface area contributed by atoms with Gasteiger partial charge in [-0.05, 0) is 36.5 Å². The van der Waals surface area contributed by atoms with Crippen LogP contribution in [0, 0.1) is 23.1 Å². The van der Waals surface area contributed by atoms with Gasteiger partial charge in [0.25, 0.3) is 0 Å². The van der Waals surface area contributed by atoms with Crippen molar-refractivity contribution in [2.24, 2.45) is 11.7 Å². The molecule has 0 bridgehead atoms. The first-order valence-electron chi connectivity index (χ1n) is 6.84. The second kappa shape index (κ2) is 6.49. The van der Waals surface area contributed by atoms with Gasteiger partial charge in [-0.2, -0.15) is 5.26 Å². The zero-order valence-electron chi connectivity index (χ0n) is 11.0. The van der Waals surface area contributed by atoms with Crippen LogP contribution in [-0.2, 0) is 0 Å². The van der Waals surface area contributed by atoms with Crippen molar-refractivity contribution in [2.75, 3.05) is 6.54 Å². The first kappa shape index (κ1) is 13.8. The summed E-state index contributed by atoms with van der Waals surface area (Å²) in [6.07, 6.45) is 8.23. The molecule has 0 atom stereocenters. The Morgan fingerprint density at radius 1 is 1.37 bits per heavy atom. The molecule has 2 rings (SSSR count). The fourth-order valence-electron chi connectivity index (χ4n) is 2.75. The van der Waals surface area contributed by atoms with Crippen molar-refractivity contribution in [3.05, 3.63) is 40.7 Å². The summed E-state index contributed by atoms with van der Waals surface area (Å²) in [7, 11) is 0. The molecule has 1 fully saturated rings. The van der Waals surface area contributed by atoms with Crippen LogP contribution in [0.25, 0.3) is 6.08 Å². The van der Waals surface area contributed by atoms with Crippen LogP contribution in [-0.4, -0.2) is 6.54 Å². The molecule has 0 amide bonds. The van der Waals surface area contributed by atoms with Gasteiger partial charge in [0, 0.05) is 6.54 Å². The monoisotopic (exact) mass is 258 g/mol. The van der Waals surface area contributed by atoms with Gasteiger partial charge in [0.2, 0.25) is 0 Å². The molecular weight excluding hydrogens is 239 g/mol. The molecule has 3 heteroatoms. The molecule has 1 aromatic rings. The molecule has 1 aromatic carbocycles. The average molecular weight is 258 g/mol. The first-order chi connectivity index (χ1) is 9.24. The molecular formula is C16H19FN2. The van der Waals surface area contributed by atoms with E-state index in [9.17, 15) is 4.39 Å². The molecule has 2 nitrogen and oxygen atoms in total. The van der Waals surface area contributed by atoms with E-state index in [1.807, 2.05) is 12.1 Å². The number of nitrogens with zero attached hydrogens (tertiary/aromatic N) is 1. The summed E-state index contributed by atoms with van der Waals surface area (Å²) in [4.78, 5) is 0. The first-order valence-corrected chi connectivity index (χ1v) is 6.84. The lowest BCUT2D eigenvalue weighted by molar-refractivity contribution is 0.401. The van der Waals surface area contributed by atoms with Crippen LogP contribution in [0.4, 0.5) is 4.39 Å². The Balaban J connectivity index is 2.24. The van der Waals surface area contributed by atoms with Crippen molar-refractivity contribution >= 4 is 6.08 Å². The second-order valence-corrected chi connectivity index (χ2v) is 5.11. The SMILES string of the molecule is N#Cc1cc(/C=C(/CN)C2CCCCC2)ccc1F. The van der Waals surface area contributed by atoms with Gasteiger partial charge in [-0.1, -0.05) is 37.0 Å². The highest BCUT2D eigenvalue weighted by atomic mass is 19.1. The average Bonchev–Trinajstić information content (AvgIpc) is 2.47. The van der Waals surface area contributed by atoms with Crippen molar-refractivity contribution in [2.45, 2.75) is 32.1 Å². The van der Waals surface area contributed by atoms with Gasteiger partial charge in [-0.15, -0.1) is 0 Å². The highest BCUT2D eigenvalue weighted by Gasteiger charge is 2.16. The van der Waals surface area contributed by atoms with Gasteiger partial charge in [0.15, 0.2) is 0 Å². The van der Waals surface area contributed by atoms with Gasteiger partial charge < -0.3 is 5.73 Å². The molecule has 1 aliphatic carbocycles. The predicted molar refractivity (Wildman–Crippen MR) is 74.7 cm³/mol. The maximum absolute atomic E-state index is 13.3. The molecule has 19 heavy (non-hydrogen) atoms. The van der Waals surface area contributed by atoms with Crippen LogP contribution in [0.5, 0.6) is 0 Å². The normalized spacial score (nSPS) is 17.2. The van der Waals surface area contributed by atoms with Crippen LogP contribution >= 0.6 is 0 Å². The van der Waals surface area contributed by atoms with E-state index >= 15 is 0 Å². The largest absolute Gasteiger partial charge is 0.327 e. The summed E-state index contributed by atoms with van der Waals surface area (Å²) in [6.45, 7) is 0.532. The molecule has 0 spiro atoms. The van der Waals surface area contributed by atoms with Crippen LogP contribution in [0.2, 0.25) is 0 Å². The summed E-state index contributed by atoms with van der Waals surface area (Å²) < 4.78 is 13.3. The highest BCUT2D eigenvalue weighted by Crippen LogP contribution is 2.30. The Hall–Kier alpha value is -1.66. The van der Waals surface area contributed by atoms with E-state index in [0.717, 1.165) is 5.56 Å². The standard InChI is InChI=1S/C16H19FN2/c17-16-7-6-12(9-15(16)11-19)8-14(10-18)13-4-2-1-3-5-13/h6-9,13H,1-5,10,18H2/b14-8-. The zero-order chi connectivity index (χ0) is 13.7. The van der Waals surface area contributed by atoms with E-state index in [0.29, 0.717) is 12.5 Å². The molecule has 0 heterocycles. The minimum Gasteiger partial charge on any atom is -0.327 e. The lowest BCUT2D eigenvalue weighted by atomic mass is 9.83. The van der Waals surface area contributed by atoms with Crippen molar-refractivity contribution in [1.82, 2.24) is 0 Å². The van der Waals surface area contributed by atoms with Gasteiger partial charge in [0.1, 0.15) is 11.9 Å². The minimum atomic E-state index is -0.466. The summed E-state index contributed by atoms with van der Waals surface area (Å²) in [5.74, 6) is 0.0842. The minimum absolute atomic E-state index is 0.0914. The van der Waals surface area contributed by atoms with Crippen molar-refractivity contribution in [3.8, 4) is 6.07 Å². The third-order valence-electron chi connectivity index (χ3n) is 3.83. The van der Waals surface area contributed by atoms with E-state index in [1.54, 1.807) is 12.1 Å². The number of benzene rings is 1. The molecule has 2 N–H and O–H groups in total. The van der Waals surface area contributed by atoms with Gasteiger partial charge in [-0.3, -0.25) is 0 Å². The molecule has 1 aliphatic rings. The number of halogens is 1. The lowest BCUT2D eigenvalue weighted by Gasteiger charge is -2.24. The Morgan fingerprint density at radius 3 is 2.74 bits per heavy atom. The quantitative estimate of drug-likeness (QED) is 0.900. The fraction of sp³-hybridized carbons (Fsp3) is 0.438. The predicted octanol–water partition coefficient (Wildman–Crippen LogP) is 3.62. The number of rotatable bonds is 3. The number of hydrogen-bond acceptors (Lipinski definition) is 2.